The van der Waals surface area contributed by atoms with Gasteiger partial charge in [0.1, 0.15) is 30.8 Å². The highest BCUT2D eigenvalue weighted by Gasteiger charge is 2.32. The lowest BCUT2D eigenvalue weighted by Crippen LogP contribution is -2.44. The van der Waals surface area contributed by atoms with Crippen LogP contribution in [-0.4, -0.2) is 68.6 Å². The molecular weight excluding hydrogens is 472 g/mol. The zero-order chi connectivity index (χ0) is 26.2. The van der Waals surface area contributed by atoms with Crippen molar-refractivity contribution in [2.24, 2.45) is 0 Å². The number of ether oxygens (including phenoxy) is 4. The molecule has 1 N–H and O–H groups in total. The molecule has 1 unspecified atom stereocenters. The summed E-state index contributed by atoms with van der Waals surface area (Å²) in [5, 5.41) is 10.9. The van der Waals surface area contributed by atoms with Crippen molar-refractivity contribution in [1.82, 2.24) is 4.90 Å². The lowest BCUT2D eigenvalue weighted by Gasteiger charge is -2.37. The first-order valence-corrected chi connectivity index (χ1v) is 13.0. The number of aliphatic hydroxyl groups is 1. The number of rotatable bonds is 11. The predicted octanol–water partition coefficient (Wildman–Crippen LogP) is 4.19. The maximum absolute atomic E-state index is 13.4. The average molecular weight is 511 g/mol. The van der Waals surface area contributed by atoms with Gasteiger partial charge in [-0.1, -0.05) is 25.5 Å². The Balaban J connectivity index is 1.58. The molecular formula is C29H38N2O6. The molecule has 2 aromatic rings. The monoisotopic (exact) mass is 510 g/mol. The molecule has 2 aliphatic rings. The summed E-state index contributed by atoms with van der Waals surface area (Å²) in [6.07, 6.45) is 5.65. The lowest BCUT2D eigenvalue weighted by molar-refractivity contribution is -0.134. The van der Waals surface area contributed by atoms with Crippen LogP contribution in [0.3, 0.4) is 0 Å². The van der Waals surface area contributed by atoms with E-state index in [0.717, 1.165) is 42.7 Å². The van der Waals surface area contributed by atoms with Crippen LogP contribution in [0.2, 0.25) is 0 Å². The van der Waals surface area contributed by atoms with Crippen molar-refractivity contribution in [1.29, 1.82) is 0 Å². The Kier molecular flexibility index (Phi) is 9.17. The van der Waals surface area contributed by atoms with Crippen LogP contribution in [0, 0.1) is 0 Å². The van der Waals surface area contributed by atoms with E-state index in [-0.39, 0.29) is 18.6 Å². The number of methoxy groups -OCH3 is 2. The Hall–Kier alpha value is -3.39. The second kappa shape index (κ2) is 12.7. The third kappa shape index (κ3) is 6.49. The van der Waals surface area contributed by atoms with Crippen molar-refractivity contribution in [3.8, 4) is 23.0 Å². The van der Waals surface area contributed by atoms with Gasteiger partial charge >= 0.3 is 0 Å². The third-order valence-electron chi connectivity index (χ3n) is 7.05. The van der Waals surface area contributed by atoms with E-state index in [2.05, 4.69) is 11.5 Å². The highest BCUT2D eigenvalue weighted by Crippen LogP contribution is 2.41. The zero-order valence-corrected chi connectivity index (χ0v) is 21.9. The van der Waals surface area contributed by atoms with Crippen molar-refractivity contribution in [2.45, 2.75) is 50.8 Å². The summed E-state index contributed by atoms with van der Waals surface area (Å²) in [4.78, 5) is 17.4. The number of hydrogen-bond donors (Lipinski definition) is 1. The molecule has 0 aromatic heterocycles. The number of hydrogen-bond acceptors (Lipinski definition) is 7. The minimum atomic E-state index is -0.768. The zero-order valence-electron chi connectivity index (χ0n) is 21.9. The maximum atomic E-state index is 13.4. The van der Waals surface area contributed by atoms with Gasteiger partial charge in [0.2, 0.25) is 5.91 Å². The smallest absolute Gasteiger partial charge is 0.224 e. The summed E-state index contributed by atoms with van der Waals surface area (Å²) in [5.41, 5.74) is 1.82. The van der Waals surface area contributed by atoms with Gasteiger partial charge < -0.3 is 33.9 Å². The molecule has 1 atom stereocenters. The Bertz CT molecular complexity index is 1050. The Labute approximate surface area is 219 Å². The highest BCUT2D eigenvalue weighted by atomic mass is 16.5. The van der Waals surface area contributed by atoms with Gasteiger partial charge in [-0.15, -0.1) is 0 Å². The summed E-state index contributed by atoms with van der Waals surface area (Å²) >= 11 is 0. The van der Waals surface area contributed by atoms with E-state index in [1.54, 1.807) is 20.3 Å². The average Bonchev–Trinajstić information content (AvgIpc) is 3.45. The number of fused-ring (bicyclic) bond motifs is 1. The first-order valence-electron chi connectivity index (χ1n) is 13.0. The van der Waals surface area contributed by atoms with Gasteiger partial charge in [0.25, 0.3) is 0 Å². The maximum Gasteiger partial charge on any atom is 0.224 e. The van der Waals surface area contributed by atoms with Crippen molar-refractivity contribution < 1.29 is 28.8 Å². The van der Waals surface area contributed by atoms with Gasteiger partial charge in [-0.3, -0.25) is 4.79 Å². The topological polar surface area (TPSA) is 80.7 Å². The minimum absolute atomic E-state index is 0.121. The molecule has 4 rings (SSSR count). The quantitative estimate of drug-likeness (QED) is 0.454. The number of nitrogens with zero attached hydrogens (tertiary/aromatic N) is 2. The molecule has 1 aliphatic carbocycles. The molecule has 1 heterocycles. The fraction of sp³-hybridized carbons (Fsp3) is 0.483. The normalized spacial score (nSPS) is 17.0. The van der Waals surface area contributed by atoms with Gasteiger partial charge in [-0.05, 0) is 49.2 Å². The Morgan fingerprint density at radius 3 is 2.46 bits per heavy atom. The molecule has 1 saturated carbocycles. The first kappa shape index (κ1) is 26.7. The fourth-order valence-corrected chi connectivity index (χ4v) is 5.17. The number of carbonyl (C=O) groups is 1. The van der Waals surface area contributed by atoms with Gasteiger partial charge in [-0.25, -0.2) is 0 Å². The number of carbonyl (C=O) groups excluding carboxylic acids is 1. The standard InChI is InChI=1S/C29H38N2O6/c1-4-17-36-29-25-19-31(21-7-5-6-8-21)28(33)15-16-30(26(25)13-14-27(29)35-3)18-22(32)20-37-24-11-9-23(34-2)10-12-24/h4,9-14,21-22,32H,1,5-8,15-20H2,2-3H3. The van der Waals surface area contributed by atoms with E-state index >= 15 is 0 Å². The number of aliphatic hydroxyl groups excluding tert-OH is 1. The molecule has 1 aliphatic heterocycles. The van der Waals surface area contributed by atoms with Crippen LogP contribution < -0.4 is 23.8 Å². The Morgan fingerprint density at radius 2 is 1.78 bits per heavy atom. The van der Waals surface area contributed by atoms with Gasteiger partial charge in [0.05, 0.1) is 20.8 Å². The second-order valence-electron chi connectivity index (χ2n) is 9.49. The molecule has 8 heteroatoms. The third-order valence-corrected chi connectivity index (χ3v) is 7.05. The molecule has 200 valence electrons. The van der Waals surface area contributed by atoms with Crippen LogP contribution in [-0.2, 0) is 11.3 Å². The number of anilines is 1. The summed E-state index contributed by atoms with van der Waals surface area (Å²) < 4.78 is 22.7. The predicted molar refractivity (Wildman–Crippen MR) is 143 cm³/mol. The van der Waals surface area contributed by atoms with Crippen LogP contribution >= 0.6 is 0 Å². The van der Waals surface area contributed by atoms with Crippen LogP contribution in [0.4, 0.5) is 5.69 Å². The van der Waals surface area contributed by atoms with Gasteiger partial charge in [-0.2, -0.15) is 0 Å². The fourth-order valence-electron chi connectivity index (χ4n) is 5.17. The van der Waals surface area contributed by atoms with Crippen LogP contribution in [0.1, 0.15) is 37.7 Å². The van der Waals surface area contributed by atoms with E-state index in [1.165, 1.54) is 0 Å². The number of β-amino-alcohol motifs (C(OH)–C–C–N with tert-alkyl or cyclic N) is 1. The number of benzene rings is 2. The number of amides is 1. The SMILES string of the molecule is C=CCOc1c(OC)ccc2c1CN(C1CCCC1)C(=O)CCN2CC(O)COc1ccc(OC)cc1. The molecule has 0 saturated heterocycles. The van der Waals surface area contributed by atoms with Gasteiger partial charge in [0.15, 0.2) is 11.5 Å². The van der Waals surface area contributed by atoms with Crippen molar-refractivity contribution in [2.75, 3.05) is 45.4 Å². The van der Waals surface area contributed by atoms with E-state index in [1.807, 2.05) is 41.3 Å². The van der Waals surface area contributed by atoms with E-state index in [4.69, 9.17) is 18.9 Å². The molecule has 0 radical (unpaired) electrons. The highest BCUT2D eigenvalue weighted by molar-refractivity contribution is 5.79. The van der Waals surface area contributed by atoms with Crippen molar-refractivity contribution in [3.05, 3.63) is 54.6 Å². The Morgan fingerprint density at radius 1 is 1.05 bits per heavy atom. The minimum Gasteiger partial charge on any atom is -0.497 e. The lowest BCUT2D eigenvalue weighted by atomic mass is 10.0. The van der Waals surface area contributed by atoms with Crippen LogP contribution in [0.5, 0.6) is 23.0 Å². The van der Waals surface area contributed by atoms with E-state index in [9.17, 15) is 9.90 Å². The summed E-state index contributed by atoms with van der Waals surface area (Å²) in [6.45, 7) is 5.47. The van der Waals surface area contributed by atoms with E-state index < -0.39 is 6.10 Å². The molecule has 8 nitrogen and oxygen atoms in total. The second-order valence-corrected chi connectivity index (χ2v) is 9.49. The molecule has 1 amide bonds. The van der Waals surface area contributed by atoms with Crippen LogP contribution in [0.25, 0.3) is 0 Å². The molecule has 1 fully saturated rings. The largest absolute Gasteiger partial charge is 0.497 e. The van der Waals surface area contributed by atoms with Gasteiger partial charge in [0, 0.05) is 36.8 Å². The van der Waals surface area contributed by atoms with Crippen molar-refractivity contribution in [3.63, 3.8) is 0 Å². The molecule has 0 bridgehead atoms. The first-order chi connectivity index (χ1) is 18.0. The summed E-state index contributed by atoms with van der Waals surface area (Å²) in [6, 6.07) is 11.4. The molecule has 37 heavy (non-hydrogen) atoms. The summed E-state index contributed by atoms with van der Waals surface area (Å²) in [7, 11) is 3.23. The molecule has 2 aromatic carbocycles. The van der Waals surface area contributed by atoms with Crippen molar-refractivity contribution >= 4 is 11.6 Å². The molecule has 0 spiro atoms. The van der Waals surface area contributed by atoms with Crippen LogP contribution in [0.15, 0.2) is 49.1 Å². The summed E-state index contributed by atoms with van der Waals surface area (Å²) in [5.74, 6) is 2.76. The van der Waals surface area contributed by atoms with E-state index in [0.29, 0.717) is 49.9 Å².